The summed E-state index contributed by atoms with van der Waals surface area (Å²) in [6, 6.07) is -0.00693. The van der Waals surface area contributed by atoms with Gasteiger partial charge in [-0.1, -0.05) is 23.9 Å². The van der Waals surface area contributed by atoms with Crippen molar-refractivity contribution in [3.05, 3.63) is 18.0 Å². The van der Waals surface area contributed by atoms with Crippen molar-refractivity contribution in [1.29, 1.82) is 0 Å². The lowest BCUT2D eigenvalue weighted by atomic mass is 9.81. The van der Waals surface area contributed by atoms with Gasteiger partial charge in [0.05, 0.1) is 11.8 Å². The Morgan fingerprint density at radius 3 is 3.00 bits per heavy atom. The number of nitrogens with zero attached hydrogens (tertiary/aromatic N) is 2. The van der Waals surface area contributed by atoms with Gasteiger partial charge in [-0.25, -0.2) is 0 Å². The van der Waals surface area contributed by atoms with E-state index in [2.05, 4.69) is 33.0 Å². The van der Waals surface area contributed by atoms with Crippen LogP contribution in [-0.2, 0) is 9.59 Å². The monoisotopic (exact) mass is 350 g/mol. The van der Waals surface area contributed by atoms with Crippen LogP contribution >= 0.6 is 11.8 Å². The van der Waals surface area contributed by atoms with E-state index in [9.17, 15) is 9.59 Å². The first-order chi connectivity index (χ1) is 11.6. The second-order valence-corrected chi connectivity index (χ2v) is 7.15. The molecule has 0 saturated carbocycles. The van der Waals surface area contributed by atoms with E-state index in [1.165, 1.54) is 11.8 Å². The van der Waals surface area contributed by atoms with Crippen LogP contribution in [0.15, 0.2) is 21.8 Å². The molecule has 2 amide bonds. The molecule has 1 aliphatic carbocycles. The summed E-state index contributed by atoms with van der Waals surface area (Å²) in [4.78, 5) is 24.0. The second kappa shape index (κ2) is 7.83. The maximum atomic E-state index is 12.3. The number of amides is 2. The Morgan fingerprint density at radius 2 is 2.29 bits per heavy atom. The molecule has 3 rings (SSSR count). The average Bonchev–Trinajstić information content (AvgIpc) is 3.01. The molecule has 1 saturated heterocycles. The summed E-state index contributed by atoms with van der Waals surface area (Å²) >= 11 is 1.22. The molecule has 1 aromatic rings. The number of carbonyl (C=O) groups is 2. The Morgan fingerprint density at radius 1 is 1.42 bits per heavy atom. The summed E-state index contributed by atoms with van der Waals surface area (Å²) in [5.41, 5.74) is 0. The van der Waals surface area contributed by atoms with Gasteiger partial charge in [0.15, 0.2) is 0 Å². The SMILES string of the molecule is Cc1nnc(SCC(=O)N[C@@H]2CCC(=O)N[C@H]2[C@@H]2CC=CCC2)o1. The first-order valence-corrected chi connectivity index (χ1v) is 9.27. The Labute approximate surface area is 145 Å². The number of carbonyl (C=O) groups excluding carboxylic acids is 2. The van der Waals surface area contributed by atoms with Crippen molar-refractivity contribution in [1.82, 2.24) is 20.8 Å². The van der Waals surface area contributed by atoms with E-state index >= 15 is 0 Å². The van der Waals surface area contributed by atoms with Gasteiger partial charge in [-0.05, 0) is 31.6 Å². The van der Waals surface area contributed by atoms with Gasteiger partial charge in [-0.2, -0.15) is 0 Å². The molecule has 7 nitrogen and oxygen atoms in total. The number of hydrogen-bond acceptors (Lipinski definition) is 6. The van der Waals surface area contributed by atoms with Gasteiger partial charge in [0.2, 0.25) is 17.7 Å². The highest BCUT2D eigenvalue weighted by Gasteiger charge is 2.35. The minimum atomic E-state index is -0.0756. The molecule has 1 aromatic heterocycles. The molecule has 1 aliphatic heterocycles. The number of rotatable bonds is 5. The molecule has 130 valence electrons. The summed E-state index contributed by atoms with van der Waals surface area (Å²) in [7, 11) is 0. The lowest BCUT2D eigenvalue weighted by molar-refractivity contribution is -0.126. The van der Waals surface area contributed by atoms with Crippen molar-refractivity contribution in [2.24, 2.45) is 5.92 Å². The van der Waals surface area contributed by atoms with Crippen LogP contribution in [0.3, 0.4) is 0 Å². The number of aromatic nitrogens is 2. The number of nitrogens with one attached hydrogen (secondary N) is 2. The molecule has 1 fully saturated rings. The third-order valence-electron chi connectivity index (χ3n) is 4.44. The summed E-state index contributed by atoms with van der Waals surface area (Å²) < 4.78 is 5.25. The number of allylic oxidation sites excluding steroid dienone is 2. The average molecular weight is 350 g/mol. The fraction of sp³-hybridized carbons (Fsp3) is 0.625. The topological polar surface area (TPSA) is 97.1 Å². The third kappa shape index (κ3) is 4.37. The molecule has 24 heavy (non-hydrogen) atoms. The van der Waals surface area contributed by atoms with Gasteiger partial charge in [0, 0.05) is 19.4 Å². The van der Waals surface area contributed by atoms with Crippen LogP contribution in [0.5, 0.6) is 0 Å². The number of piperidine rings is 1. The van der Waals surface area contributed by atoms with Crippen molar-refractivity contribution in [3.63, 3.8) is 0 Å². The van der Waals surface area contributed by atoms with E-state index in [1.54, 1.807) is 6.92 Å². The molecule has 0 spiro atoms. The molecule has 2 aliphatic rings. The zero-order valence-electron chi connectivity index (χ0n) is 13.7. The Bertz CT molecular complexity index is 631. The van der Waals surface area contributed by atoms with Gasteiger partial charge < -0.3 is 15.1 Å². The molecule has 3 atom stereocenters. The van der Waals surface area contributed by atoms with E-state index in [-0.39, 0.29) is 29.7 Å². The van der Waals surface area contributed by atoms with E-state index < -0.39 is 0 Å². The highest BCUT2D eigenvalue weighted by atomic mass is 32.2. The highest BCUT2D eigenvalue weighted by molar-refractivity contribution is 7.99. The summed E-state index contributed by atoms with van der Waals surface area (Å²) in [5, 5.41) is 14.2. The molecule has 0 unspecified atom stereocenters. The fourth-order valence-corrected chi connectivity index (χ4v) is 3.90. The Hall–Kier alpha value is -1.83. The quantitative estimate of drug-likeness (QED) is 0.618. The maximum absolute atomic E-state index is 12.3. The lowest BCUT2D eigenvalue weighted by Crippen LogP contribution is -2.58. The molecule has 0 radical (unpaired) electrons. The van der Waals surface area contributed by atoms with E-state index in [1.807, 2.05) is 0 Å². The van der Waals surface area contributed by atoms with Crippen molar-refractivity contribution in [2.45, 2.75) is 56.3 Å². The van der Waals surface area contributed by atoms with Crippen LogP contribution in [0.4, 0.5) is 0 Å². The second-order valence-electron chi connectivity index (χ2n) is 6.23. The Balaban J connectivity index is 1.55. The van der Waals surface area contributed by atoms with Crippen LogP contribution in [0.2, 0.25) is 0 Å². The van der Waals surface area contributed by atoms with Crippen molar-refractivity contribution >= 4 is 23.6 Å². The van der Waals surface area contributed by atoms with Gasteiger partial charge in [0.25, 0.3) is 5.22 Å². The number of hydrogen-bond donors (Lipinski definition) is 2. The predicted molar refractivity (Wildman–Crippen MR) is 89.3 cm³/mol. The summed E-state index contributed by atoms with van der Waals surface area (Å²) in [6.07, 6.45) is 8.52. The normalized spacial score (nSPS) is 26.9. The standard InChI is InChI=1S/C16H22N4O3S/c1-10-19-20-16(23-10)24-9-14(22)17-12-7-8-13(21)18-15(12)11-5-3-2-4-6-11/h2-3,11-12,15H,4-9H2,1H3,(H,17,22)(H,18,21)/t11-,12-,15+/m1/s1. The minimum absolute atomic E-state index is 0.01000. The molecular weight excluding hydrogens is 328 g/mol. The minimum Gasteiger partial charge on any atom is -0.416 e. The summed E-state index contributed by atoms with van der Waals surface area (Å²) in [6.45, 7) is 1.71. The van der Waals surface area contributed by atoms with Crippen molar-refractivity contribution < 1.29 is 14.0 Å². The predicted octanol–water partition coefficient (Wildman–Crippen LogP) is 1.59. The zero-order chi connectivity index (χ0) is 16.9. The van der Waals surface area contributed by atoms with Crippen LogP contribution in [0, 0.1) is 12.8 Å². The van der Waals surface area contributed by atoms with E-state index in [0.717, 1.165) is 19.3 Å². The fourth-order valence-electron chi connectivity index (χ4n) is 3.29. The van der Waals surface area contributed by atoms with Crippen molar-refractivity contribution in [3.8, 4) is 0 Å². The van der Waals surface area contributed by atoms with Crippen molar-refractivity contribution in [2.75, 3.05) is 5.75 Å². The summed E-state index contributed by atoms with van der Waals surface area (Å²) in [5.74, 6) is 1.10. The zero-order valence-corrected chi connectivity index (χ0v) is 14.5. The molecule has 2 N–H and O–H groups in total. The number of thioether (sulfide) groups is 1. The van der Waals surface area contributed by atoms with Gasteiger partial charge in [0.1, 0.15) is 0 Å². The lowest BCUT2D eigenvalue weighted by Gasteiger charge is -2.38. The van der Waals surface area contributed by atoms with Crippen LogP contribution in [0.1, 0.15) is 38.0 Å². The Kier molecular flexibility index (Phi) is 5.55. The first-order valence-electron chi connectivity index (χ1n) is 8.28. The first kappa shape index (κ1) is 17.0. The van der Waals surface area contributed by atoms with E-state index in [0.29, 0.717) is 29.9 Å². The molecule has 8 heteroatoms. The molecule has 0 bridgehead atoms. The van der Waals surface area contributed by atoms with Gasteiger partial charge >= 0.3 is 0 Å². The number of aryl methyl sites for hydroxylation is 1. The van der Waals surface area contributed by atoms with Gasteiger partial charge in [-0.3, -0.25) is 9.59 Å². The highest BCUT2D eigenvalue weighted by Crippen LogP contribution is 2.27. The largest absolute Gasteiger partial charge is 0.416 e. The third-order valence-corrected chi connectivity index (χ3v) is 5.26. The molecule has 0 aromatic carbocycles. The van der Waals surface area contributed by atoms with E-state index in [4.69, 9.17) is 4.42 Å². The maximum Gasteiger partial charge on any atom is 0.277 e. The van der Waals surface area contributed by atoms with Gasteiger partial charge in [-0.15, -0.1) is 10.2 Å². The molecular formula is C16H22N4O3S. The smallest absolute Gasteiger partial charge is 0.277 e. The van der Waals surface area contributed by atoms with Crippen LogP contribution in [-0.4, -0.2) is 39.8 Å². The van der Waals surface area contributed by atoms with Crippen LogP contribution < -0.4 is 10.6 Å². The molecule has 2 heterocycles. The van der Waals surface area contributed by atoms with Crippen LogP contribution in [0.25, 0.3) is 0 Å².